The highest BCUT2D eigenvalue weighted by atomic mass is 16.5. The number of carbonyl (C=O) groups is 2. The molecule has 1 aliphatic carbocycles. The summed E-state index contributed by atoms with van der Waals surface area (Å²) >= 11 is 0. The zero-order chi connectivity index (χ0) is 23.5. The lowest BCUT2D eigenvalue weighted by Gasteiger charge is -2.48. The fourth-order valence-electron chi connectivity index (χ4n) is 4.07. The number of methoxy groups -OCH3 is 2. The van der Waals surface area contributed by atoms with Crippen molar-refractivity contribution in [3.05, 3.63) is 77.9 Å². The van der Waals surface area contributed by atoms with Gasteiger partial charge < -0.3 is 24.1 Å². The molecule has 0 N–H and O–H groups in total. The van der Waals surface area contributed by atoms with Crippen molar-refractivity contribution >= 4 is 17.5 Å². The molecule has 168 valence electrons. The molecule has 0 saturated carbocycles. The minimum absolute atomic E-state index is 0.302. The van der Waals surface area contributed by atoms with Crippen LogP contribution in [0.2, 0.25) is 0 Å². The van der Waals surface area contributed by atoms with Crippen LogP contribution in [0.1, 0.15) is 36.7 Å². The predicted molar refractivity (Wildman–Crippen MR) is 119 cm³/mol. The van der Waals surface area contributed by atoms with Crippen LogP contribution in [0.3, 0.4) is 0 Å². The number of aliphatic carboxylic acids is 1. The molecule has 1 aliphatic rings. The molecule has 0 aromatic heterocycles. The smallest absolute Gasteiger partial charge is 0.347 e. The Balaban J connectivity index is 2.05. The van der Waals surface area contributed by atoms with Gasteiger partial charge in [-0.15, -0.1) is 0 Å². The van der Waals surface area contributed by atoms with Crippen molar-refractivity contribution in [1.82, 2.24) is 0 Å². The summed E-state index contributed by atoms with van der Waals surface area (Å²) in [4.78, 5) is 24.8. The Kier molecular flexibility index (Phi) is 6.55. The molecule has 0 amide bonds. The van der Waals surface area contributed by atoms with Crippen LogP contribution in [-0.4, -0.2) is 31.8 Å². The Morgan fingerprint density at radius 1 is 0.969 bits per heavy atom. The number of hydrogen-bond donors (Lipinski definition) is 0. The third kappa shape index (κ3) is 4.18. The van der Waals surface area contributed by atoms with E-state index < -0.39 is 28.9 Å². The Morgan fingerprint density at radius 2 is 1.59 bits per heavy atom. The van der Waals surface area contributed by atoms with Gasteiger partial charge in [-0.2, -0.15) is 0 Å². The number of carbonyl (C=O) groups excluding carboxylic acids is 2. The molecule has 0 saturated heterocycles. The van der Waals surface area contributed by atoms with Crippen LogP contribution >= 0.6 is 0 Å². The van der Waals surface area contributed by atoms with Gasteiger partial charge in [0.1, 0.15) is 22.7 Å². The van der Waals surface area contributed by atoms with Gasteiger partial charge in [0.2, 0.25) is 0 Å². The second kappa shape index (κ2) is 9.01. The van der Waals surface area contributed by atoms with Crippen LogP contribution in [0.4, 0.5) is 0 Å². The topological polar surface area (TPSA) is 84.9 Å². The molecule has 6 heteroatoms. The summed E-state index contributed by atoms with van der Waals surface area (Å²) in [6.07, 6.45) is 5.04. The minimum Gasteiger partial charge on any atom is -0.549 e. The van der Waals surface area contributed by atoms with Crippen molar-refractivity contribution in [2.45, 2.75) is 26.4 Å². The first-order valence-electron chi connectivity index (χ1n) is 10.3. The number of esters is 1. The van der Waals surface area contributed by atoms with E-state index in [0.717, 1.165) is 0 Å². The van der Waals surface area contributed by atoms with Gasteiger partial charge in [0, 0.05) is 12.7 Å². The van der Waals surface area contributed by atoms with Gasteiger partial charge in [-0.1, -0.05) is 63.3 Å². The molecule has 2 atom stereocenters. The van der Waals surface area contributed by atoms with Gasteiger partial charge in [-0.25, -0.2) is 4.79 Å². The lowest BCUT2D eigenvalue weighted by molar-refractivity contribution is -0.316. The maximum absolute atomic E-state index is 12.9. The number of hydrogen-bond acceptors (Lipinski definition) is 6. The van der Waals surface area contributed by atoms with Gasteiger partial charge in [0.15, 0.2) is 0 Å². The van der Waals surface area contributed by atoms with Crippen LogP contribution in [0.15, 0.2) is 66.8 Å². The largest absolute Gasteiger partial charge is 0.549 e. The van der Waals surface area contributed by atoms with E-state index in [4.69, 9.17) is 14.2 Å². The summed E-state index contributed by atoms with van der Waals surface area (Å²) in [5.74, 6) is -2.00. The molecule has 2 unspecified atom stereocenters. The molecular formula is C26H27O6-. The zero-order valence-electron chi connectivity index (χ0n) is 18.9. The van der Waals surface area contributed by atoms with E-state index in [0.29, 0.717) is 28.2 Å². The number of para-hydroxylation sites is 2. The predicted octanol–water partition coefficient (Wildman–Crippen LogP) is 3.67. The maximum atomic E-state index is 12.9. The summed E-state index contributed by atoms with van der Waals surface area (Å²) in [6, 6.07) is 13.9. The molecule has 3 rings (SSSR count). The molecule has 0 heterocycles. The molecule has 2 aromatic carbocycles. The molecule has 0 aliphatic heterocycles. The highest BCUT2D eigenvalue weighted by molar-refractivity contribution is 5.95. The van der Waals surface area contributed by atoms with E-state index in [1.165, 1.54) is 14.2 Å². The van der Waals surface area contributed by atoms with Crippen molar-refractivity contribution in [3.8, 4) is 11.5 Å². The lowest BCUT2D eigenvalue weighted by Crippen LogP contribution is -2.55. The number of ether oxygens (including phenoxy) is 3. The molecule has 0 radical (unpaired) electrons. The van der Waals surface area contributed by atoms with Gasteiger partial charge in [-0.3, -0.25) is 0 Å². The van der Waals surface area contributed by atoms with Gasteiger partial charge in [0.05, 0.1) is 19.0 Å². The van der Waals surface area contributed by atoms with E-state index in [-0.39, 0.29) is 0 Å². The van der Waals surface area contributed by atoms with Crippen LogP contribution in [0.25, 0.3) is 5.57 Å². The van der Waals surface area contributed by atoms with Gasteiger partial charge in [0.25, 0.3) is 0 Å². The van der Waals surface area contributed by atoms with Crippen molar-refractivity contribution in [2.75, 3.05) is 14.2 Å². The first-order valence-corrected chi connectivity index (χ1v) is 10.3. The monoisotopic (exact) mass is 435 g/mol. The normalized spacial score (nSPS) is 20.4. The molecule has 6 nitrogen and oxygen atoms in total. The Labute approximate surface area is 188 Å². The molecule has 0 fully saturated rings. The quantitative estimate of drug-likeness (QED) is 0.509. The summed E-state index contributed by atoms with van der Waals surface area (Å²) in [7, 11) is 2.98. The van der Waals surface area contributed by atoms with Crippen molar-refractivity contribution in [2.24, 2.45) is 11.3 Å². The maximum Gasteiger partial charge on any atom is 0.347 e. The Morgan fingerprint density at radius 3 is 2.19 bits per heavy atom. The second-order valence-electron chi connectivity index (χ2n) is 8.59. The highest BCUT2D eigenvalue weighted by Gasteiger charge is 2.48. The number of rotatable bonds is 6. The van der Waals surface area contributed by atoms with E-state index >= 15 is 0 Å². The highest BCUT2D eigenvalue weighted by Crippen LogP contribution is 2.46. The minimum atomic E-state index is -1.22. The first-order chi connectivity index (χ1) is 15.1. The van der Waals surface area contributed by atoms with E-state index in [1.54, 1.807) is 54.6 Å². The van der Waals surface area contributed by atoms with Crippen LogP contribution in [0, 0.1) is 11.3 Å². The second-order valence-corrected chi connectivity index (χ2v) is 8.59. The third-order valence-corrected chi connectivity index (χ3v) is 5.79. The van der Waals surface area contributed by atoms with E-state index in [2.05, 4.69) is 0 Å². The third-order valence-electron chi connectivity index (χ3n) is 5.79. The molecule has 0 spiro atoms. The van der Waals surface area contributed by atoms with E-state index in [1.807, 2.05) is 32.9 Å². The first kappa shape index (κ1) is 23.3. The summed E-state index contributed by atoms with van der Waals surface area (Å²) in [6.45, 7) is 5.73. The number of carboxylic acid groups (broad SMARTS) is 1. The van der Waals surface area contributed by atoms with Crippen LogP contribution in [-0.2, 0) is 9.53 Å². The van der Waals surface area contributed by atoms with Crippen molar-refractivity contribution in [3.63, 3.8) is 0 Å². The SMILES string of the molecule is COc1ccccc1C(=O)Oc1ccccc1C1=CC(OC)(C(C)(C)C)C(C(=O)[O-])C=C1. The fraction of sp³-hybridized carbons (Fsp3) is 0.308. The molecule has 32 heavy (non-hydrogen) atoms. The van der Waals surface area contributed by atoms with Gasteiger partial charge >= 0.3 is 5.97 Å². The molecular weight excluding hydrogens is 408 g/mol. The lowest BCUT2D eigenvalue weighted by atomic mass is 9.65. The Hall–Kier alpha value is -3.38. The number of carboxylic acids is 1. The van der Waals surface area contributed by atoms with Crippen molar-refractivity contribution < 1.29 is 28.9 Å². The van der Waals surface area contributed by atoms with E-state index in [9.17, 15) is 14.7 Å². The summed E-state index contributed by atoms with van der Waals surface area (Å²) < 4.78 is 16.8. The average Bonchev–Trinajstić information content (AvgIpc) is 2.78. The zero-order valence-corrected chi connectivity index (χ0v) is 18.9. The molecule has 0 bridgehead atoms. The van der Waals surface area contributed by atoms with Crippen LogP contribution in [0.5, 0.6) is 11.5 Å². The van der Waals surface area contributed by atoms with Crippen molar-refractivity contribution in [1.29, 1.82) is 0 Å². The number of allylic oxidation sites excluding steroid dienone is 2. The molecule has 2 aromatic rings. The number of benzene rings is 2. The standard InChI is InChI=1S/C26H28O6/c1-25(2,3)26(31-5)16-17(14-15-20(26)23(27)28)18-10-6-9-13-22(18)32-24(29)19-11-7-8-12-21(19)30-4/h6-16,20H,1-5H3,(H,27,28)/p-1. The average molecular weight is 435 g/mol. The fourth-order valence-corrected chi connectivity index (χ4v) is 4.07. The van der Waals surface area contributed by atoms with Crippen LogP contribution < -0.4 is 14.6 Å². The summed E-state index contributed by atoms with van der Waals surface area (Å²) in [5.41, 5.74) is -0.102. The summed E-state index contributed by atoms with van der Waals surface area (Å²) in [5, 5.41) is 11.9. The Bertz CT molecular complexity index is 1080. The van der Waals surface area contributed by atoms with Gasteiger partial charge in [-0.05, 0) is 35.3 Å².